The number of rotatable bonds is 13. The third-order valence-corrected chi connectivity index (χ3v) is 21.0. The fourth-order valence-electron chi connectivity index (χ4n) is 15.0. The van der Waals surface area contributed by atoms with Crippen LogP contribution in [0.15, 0.2) is 169 Å². The molecule has 2 aliphatic rings. The minimum atomic E-state index is -3.45. The predicted molar refractivity (Wildman–Crippen MR) is 393 cm³/mol. The number of sulfone groups is 1. The number of pyridine rings is 2. The molecule has 0 spiro atoms. The fourth-order valence-corrected chi connectivity index (χ4v) is 15.5. The number of aromatic amines is 3. The van der Waals surface area contributed by atoms with E-state index < -0.39 is 50.0 Å². The molecule has 0 bridgehead atoms. The zero-order chi connectivity index (χ0) is 74.3. The normalized spacial score (nSPS) is 14.3. The molecule has 2 saturated heterocycles. The smallest absolute Gasteiger partial charge is 0.335 e. The number of nitrogens with zero attached hydrogens (tertiary/aromatic N) is 8. The molecule has 2 fully saturated rings. The van der Waals surface area contributed by atoms with Gasteiger partial charge in [0.05, 0.1) is 63.4 Å². The van der Waals surface area contributed by atoms with Crippen LogP contribution in [0, 0.1) is 42.9 Å². The summed E-state index contributed by atoms with van der Waals surface area (Å²) in [5.74, 6) is -4.72. The van der Waals surface area contributed by atoms with Gasteiger partial charge in [0.15, 0.2) is 32.2 Å². The van der Waals surface area contributed by atoms with Gasteiger partial charge < -0.3 is 38.7 Å². The van der Waals surface area contributed by atoms with Gasteiger partial charge in [0.1, 0.15) is 28.9 Å². The van der Waals surface area contributed by atoms with Gasteiger partial charge in [-0.2, -0.15) is 15.3 Å². The van der Waals surface area contributed by atoms with Crippen LogP contribution in [0.5, 0.6) is 5.75 Å². The number of carbonyl (C=O) groups is 1. The van der Waals surface area contributed by atoms with Crippen LogP contribution in [-0.2, 0) is 35.1 Å². The van der Waals surface area contributed by atoms with E-state index in [1.165, 1.54) is 36.4 Å². The Morgan fingerprint density at radius 3 is 1.74 bits per heavy atom. The minimum Gasteiger partial charge on any atom is -0.503 e. The van der Waals surface area contributed by atoms with Crippen LogP contribution < -0.4 is 0 Å². The van der Waals surface area contributed by atoms with E-state index in [1.54, 1.807) is 80.2 Å². The first kappa shape index (κ1) is 70.3. The van der Waals surface area contributed by atoms with Crippen LogP contribution >= 0.6 is 0 Å². The molecule has 0 unspecified atom stereocenters. The molecule has 10 heterocycles. The Kier molecular flexibility index (Phi) is 18.3. The molecule has 0 aliphatic carbocycles. The van der Waals surface area contributed by atoms with Crippen molar-refractivity contribution >= 4 is 81.2 Å². The molecule has 540 valence electrons. The number of halogens is 5. The Hall–Kier alpha value is -11.4. The first-order chi connectivity index (χ1) is 50.9. The number of aliphatic hydroxyl groups is 1. The molecule has 26 heteroatoms. The van der Waals surface area contributed by atoms with E-state index >= 15 is 0 Å². The van der Waals surface area contributed by atoms with Crippen molar-refractivity contribution in [2.75, 3.05) is 46.4 Å². The van der Waals surface area contributed by atoms with Gasteiger partial charge in [-0.3, -0.25) is 19.9 Å². The largest absolute Gasteiger partial charge is 0.503 e. The van der Waals surface area contributed by atoms with E-state index in [-0.39, 0.29) is 28.1 Å². The maximum absolute atomic E-state index is 14.6. The molecule has 0 radical (unpaired) electrons. The van der Waals surface area contributed by atoms with Gasteiger partial charge in [0.25, 0.3) is 0 Å². The van der Waals surface area contributed by atoms with Crippen LogP contribution in [0.3, 0.4) is 0 Å². The SMILES string of the molecule is COCC(C)(C)c1c(-c2ccc(S(C)(=O)=O)nc2)c2cc3n[nH]c(C)c3cc2n1-c1ccc(F)cc1.Cc1[nH]nc2cc3c(-c4cc(F)c(O)c(F)c4)c(C4CCOCC4)n(-c4ccc(F)cc4)c3cc12.O=C(O)c1ccc(-c2c(C3(O)CCOCC3)n(-c3ccc(F)cn3)c3cc4cn[nH]c4cc23)cc1. The monoisotopic (exact) mass is 1460 g/mol. The lowest BCUT2D eigenvalue weighted by Gasteiger charge is -2.34. The van der Waals surface area contributed by atoms with Crippen molar-refractivity contribution in [2.45, 2.75) is 75.3 Å². The summed E-state index contributed by atoms with van der Waals surface area (Å²) >= 11 is 0. The highest BCUT2D eigenvalue weighted by Crippen LogP contribution is 2.50. The quantitative estimate of drug-likeness (QED) is 0.0587. The average molecular weight is 1460 g/mol. The van der Waals surface area contributed by atoms with E-state index in [1.807, 2.05) is 48.7 Å². The summed E-state index contributed by atoms with van der Waals surface area (Å²) in [5, 5.41) is 58.5. The van der Waals surface area contributed by atoms with Crippen molar-refractivity contribution in [1.29, 1.82) is 0 Å². The third-order valence-electron chi connectivity index (χ3n) is 20.0. The Balaban J connectivity index is 0.000000127. The van der Waals surface area contributed by atoms with E-state index in [9.17, 15) is 50.5 Å². The number of methoxy groups -OCH3 is 1. The van der Waals surface area contributed by atoms with Gasteiger partial charge in [0, 0.05) is 159 Å². The van der Waals surface area contributed by atoms with Crippen molar-refractivity contribution in [3.63, 3.8) is 0 Å². The van der Waals surface area contributed by atoms with Crippen LogP contribution in [-0.4, -0.2) is 130 Å². The van der Waals surface area contributed by atoms with Gasteiger partial charge >= 0.3 is 5.97 Å². The number of carboxylic acid groups (broad SMARTS) is 1. The first-order valence-corrected chi connectivity index (χ1v) is 36.0. The number of hydrogen-bond donors (Lipinski definition) is 6. The lowest BCUT2D eigenvalue weighted by Crippen LogP contribution is -2.36. The van der Waals surface area contributed by atoms with Gasteiger partial charge in [-0.1, -0.05) is 26.0 Å². The Morgan fingerprint density at radius 1 is 0.613 bits per heavy atom. The minimum absolute atomic E-state index is 0.0107. The number of aryl methyl sites for hydroxylation is 2. The van der Waals surface area contributed by atoms with Crippen molar-refractivity contribution in [3.8, 4) is 56.3 Å². The highest BCUT2D eigenvalue weighted by Gasteiger charge is 2.40. The van der Waals surface area contributed by atoms with Crippen LogP contribution in [0.2, 0.25) is 0 Å². The topological polar surface area (TPSA) is 266 Å². The summed E-state index contributed by atoms with van der Waals surface area (Å²) in [6.45, 7) is 10.4. The Bertz CT molecular complexity index is 5990. The van der Waals surface area contributed by atoms with Crippen LogP contribution in [0.4, 0.5) is 22.0 Å². The molecule has 8 aromatic heterocycles. The molecule has 106 heavy (non-hydrogen) atoms. The van der Waals surface area contributed by atoms with Crippen LogP contribution in [0.1, 0.15) is 84.3 Å². The second kappa shape index (κ2) is 27.6. The van der Waals surface area contributed by atoms with Crippen molar-refractivity contribution in [2.24, 2.45) is 0 Å². The first-order valence-electron chi connectivity index (χ1n) is 34.2. The molecule has 0 saturated carbocycles. The molecule has 17 rings (SSSR count). The maximum atomic E-state index is 14.6. The molecule has 15 aromatic rings. The van der Waals surface area contributed by atoms with Gasteiger partial charge in [-0.25, -0.2) is 45.1 Å². The summed E-state index contributed by atoms with van der Waals surface area (Å²) in [4.78, 5) is 20.1. The van der Waals surface area contributed by atoms with E-state index in [4.69, 9.17) is 14.2 Å². The van der Waals surface area contributed by atoms with Crippen molar-refractivity contribution < 1.29 is 64.7 Å². The summed E-state index contributed by atoms with van der Waals surface area (Å²) in [6, 6.07) is 39.6. The molecular weight excluding hydrogens is 1390 g/mol. The van der Waals surface area contributed by atoms with Gasteiger partial charge in [-0.15, -0.1) is 0 Å². The van der Waals surface area contributed by atoms with Gasteiger partial charge in [-0.05, 0) is 171 Å². The van der Waals surface area contributed by atoms with Gasteiger partial charge in [0.2, 0.25) is 0 Å². The number of phenols is 1. The lowest BCUT2D eigenvalue weighted by atomic mass is 9.85. The average Bonchev–Trinajstić information content (AvgIpc) is 1.58. The number of H-pyrrole nitrogens is 3. The zero-order valence-electron chi connectivity index (χ0n) is 58.2. The van der Waals surface area contributed by atoms with E-state index in [0.29, 0.717) is 68.5 Å². The van der Waals surface area contributed by atoms with E-state index in [2.05, 4.69) is 69.6 Å². The second-order valence-electron chi connectivity index (χ2n) is 27.5. The second-order valence-corrected chi connectivity index (χ2v) is 29.4. The number of nitrogens with one attached hydrogen (secondary N) is 3. The number of ether oxygens (including phenoxy) is 3. The Labute approximate surface area is 602 Å². The zero-order valence-corrected chi connectivity index (χ0v) is 59.0. The van der Waals surface area contributed by atoms with Crippen LogP contribution in [0.25, 0.3) is 116 Å². The fraction of sp³-hybridized carbons (Fsp3) is 0.225. The maximum Gasteiger partial charge on any atom is 0.335 e. The Morgan fingerprint density at radius 2 is 1.17 bits per heavy atom. The highest BCUT2D eigenvalue weighted by atomic mass is 32.2. The third kappa shape index (κ3) is 12.8. The summed E-state index contributed by atoms with van der Waals surface area (Å²) in [5.41, 5.74) is 13.2. The highest BCUT2D eigenvalue weighted by molar-refractivity contribution is 7.90. The van der Waals surface area contributed by atoms with Crippen molar-refractivity contribution in [3.05, 3.63) is 227 Å². The number of aromatic hydroxyl groups is 1. The molecule has 0 atom stereocenters. The summed E-state index contributed by atoms with van der Waals surface area (Å²) in [6.07, 6.45) is 7.78. The number of hydrogen-bond acceptors (Lipinski definition) is 13. The number of phenolic OH excluding ortho intramolecular Hbond substituents is 1. The molecule has 6 N–H and O–H groups in total. The molecule has 20 nitrogen and oxygen atoms in total. The standard InChI is InChI=1S/C27H22F3N3O2.C27H27FN4O3S.C26H21FN4O4/c1-14-19-13-24-20(12-23(19)32-31-14)25(16-10-21(29)27(34)22(30)11-16)26(15-6-8-35-9-7-15)33(24)18-4-2-17(28)3-5-18;1-16-20-13-23-21(12-22(20)31-30-16)25(17-6-11-24(29-14-17)36(5,33)34)26(27(2,3)15-35-4)32(23)19-9-7-18(28)8-10-19;27-18-5-6-22(28-14-18)31-21-11-17-13-29-30-20(17)12-19(21)23(15-1-3-16(4-2-15)25(32)33)24(31)26(34)7-9-35-10-8-26/h2-5,10-13,15,34H,6-9H2,1H3,(H,31,32);6-14H,15H2,1-5H3,(H,30,31);1-6,11-14,34H,7-10H2,(H,29,30)(H,32,33). The number of fused-ring (bicyclic) bond motifs is 6. The number of aromatic nitrogens is 11. The predicted octanol–water partition coefficient (Wildman–Crippen LogP) is 16.2. The molecule has 0 amide bonds. The van der Waals surface area contributed by atoms with Crippen molar-refractivity contribution in [1.82, 2.24) is 54.3 Å². The number of aromatic carboxylic acids is 1. The summed E-state index contributed by atoms with van der Waals surface area (Å²) < 4.78 is 118. The molecule has 2 aliphatic heterocycles. The van der Waals surface area contributed by atoms with E-state index in [0.717, 1.165) is 159 Å². The number of benzene rings is 7. The molecule has 7 aromatic carbocycles. The summed E-state index contributed by atoms with van der Waals surface area (Å²) in [7, 11) is -1.79. The molecular formula is C80H70F5N11O9S. The lowest BCUT2D eigenvalue weighted by molar-refractivity contribution is -0.0709. The number of carboxylic acids is 1.